The maximum Gasteiger partial charge on any atom is 0.335 e. The third kappa shape index (κ3) is 5.36. The number of hydrogen-bond donors (Lipinski definition) is 2. The summed E-state index contributed by atoms with van der Waals surface area (Å²) in [6.07, 6.45) is -0.147. The Bertz CT molecular complexity index is 910. The Labute approximate surface area is 159 Å². The lowest BCUT2D eigenvalue weighted by Gasteiger charge is -2.13. The number of rotatable bonds is 9. The van der Waals surface area contributed by atoms with E-state index in [1.54, 1.807) is 13.2 Å². The van der Waals surface area contributed by atoms with E-state index in [9.17, 15) is 18.3 Å². The average molecular weight is 393 g/mol. The van der Waals surface area contributed by atoms with E-state index < -0.39 is 16.0 Å². The van der Waals surface area contributed by atoms with Crippen molar-refractivity contribution in [3.63, 3.8) is 0 Å². The fourth-order valence-electron chi connectivity index (χ4n) is 2.51. The molecule has 0 fully saturated rings. The zero-order valence-electron chi connectivity index (χ0n) is 15.4. The second-order valence-corrected chi connectivity index (χ2v) is 7.71. The van der Waals surface area contributed by atoms with E-state index in [2.05, 4.69) is 4.72 Å². The van der Waals surface area contributed by atoms with E-state index >= 15 is 0 Å². The summed E-state index contributed by atoms with van der Waals surface area (Å²) in [5.41, 5.74) is 1.99. The van der Waals surface area contributed by atoms with Crippen molar-refractivity contribution < 1.29 is 27.8 Å². The Balaban J connectivity index is 2.52. The molecule has 8 heteroatoms. The molecule has 27 heavy (non-hydrogen) atoms. The average Bonchev–Trinajstić information content (AvgIpc) is 2.67. The standard InChI is InChI=1S/C19H23NO6S/c1-13(26-3)14-5-4-6-15(9-14)16-10-17(19(21)22)12-18(11-16)27(23,24)20-7-8-25-2/h4-6,9-13,20H,7-8H2,1-3H3,(H,21,22). The normalized spacial score (nSPS) is 12.7. The molecule has 0 spiro atoms. The second kappa shape index (κ2) is 9.09. The van der Waals surface area contributed by atoms with Gasteiger partial charge in [0, 0.05) is 20.8 Å². The number of ether oxygens (including phenoxy) is 2. The molecule has 0 heterocycles. The van der Waals surface area contributed by atoms with Crippen molar-refractivity contribution in [2.45, 2.75) is 17.9 Å². The van der Waals surface area contributed by atoms with Gasteiger partial charge in [-0.1, -0.05) is 18.2 Å². The number of hydrogen-bond acceptors (Lipinski definition) is 5. The molecule has 146 valence electrons. The Morgan fingerprint density at radius 1 is 1.15 bits per heavy atom. The highest BCUT2D eigenvalue weighted by Crippen LogP contribution is 2.28. The number of carboxylic acids is 1. The van der Waals surface area contributed by atoms with Crippen LogP contribution in [0.5, 0.6) is 0 Å². The molecule has 2 aromatic rings. The Morgan fingerprint density at radius 2 is 1.89 bits per heavy atom. The summed E-state index contributed by atoms with van der Waals surface area (Å²) in [5, 5.41) is 9.39. The maximum absolute atomic E-state index is 12.5. The molecule has 1 atom stereocenters. The van der Waals surface area contributed by atoms with Crippen LogP contribution in [0.1, 0.15) is 28.9 Å². The van der Waals surface area contributed by atoms with Crippen molar-refractivity contribution in [2.75, 3.05) is 27.4 Å². The Morgan fingerprint density at radius 3 is 2.52 bits per heavy atom. The van der Waals surface area contributed by atoms with Gasteiger partial charge >= 0.3 is 5.97 Å². The molecule has 1 unspecified atom stereocenters. The third-order valence-electron chi connectivity index (χ3n) is 4.10. The van der Waals surface area contributed by atoms with Crippen molar-refractivity contribution in [1.29, 1.82) is 0 Å². The molecular weight excluding hydrogens is 370 g/mol. The van der Waals surface area contributed by atoms with E-state index in [-0.39, 0.29) is 29.7 Å². The number of sulfonamides is 1. The van der Waals surface area contributed by atoms with Crippen LogP contribution in [-0.2, 0) is 19.5 Å². The lowest BCUT2D eigenvalue weighted by molar-refractivity contribution is 0.0696. The molecule has 0 aliphatic heterocycles. The topological polar surface area (TPSA) is 102 Å². The summed E-state index contributed by atoms with van der Waals surface area (Å²) in [5.74, 6) is -1.20. The van der Waals surface area contributed by atoms with Gasteiger partial charge in [-0.2, -0.15) is 0 Å². The minimum Gasteiger partial charge on any atom is -0.478 e. The summed E-state index contributed by atoms with van der Waals surface area (Å²) in [4.78, 5) is 11.4. The van der Waals surface area contributed by atoms with E-state index in [1.807, 2.05) is 25.1 Å². The number of carbonyl (C=O) groups is 1. The highest BCUT2D eigenvalue weighted by atomic mass is 32.2. The van der Waals surface area contributed by atoms with Gasteiger partial charge in [0.1, 0.15) is 0 Å². The van der Waals surface area contributed by atoms with Crippen molar-refractivity contribution in [3.8, 4) is 11.1 Å². The first-order valence-corrected chi connectivity index (χ1v) is 9.77. The van der Waals surface area contributed by atoms with Crippen LogP contribution < -0.4 is 4.72 Å². The quantitative estimate of drug-likeness (QED) is 0.635. The molecule has 2 aromatic carbocycles. The number of carboxylic acid groups (broad SMARTS) is 1. The third-order valence-corrected chi connectivity index (χ3v) is 5.55. The molecule has 0 bridgehead atoms. The van der Waals surface area contributed by atoms with Crippen LogP contribution in [0.2, 0.25) is 0 Å². The van der Waals surface area contributed by atoms with Gasteiger partial charge in [-0.15, -0.1) is 0 Å². The first-order chi connectivity index (χ1) is 12.8. The van der Waals surface area contributed by atoms with Crippen LogP contribution in [0.15, 0.2) is 47.4 Å². The molecular formula is C19H23NO6S. The molecule has 2 rings (SSSR count). The number of nitrogens with one attached hydrogen (secondary N) is 1. The largest absolute Gasteiger partial charge is 0.478 e. The number of methoxy groups -OCH3 is 2. The summed E-state index contributed by atoms with van der Waals surface area (Å²) in [6.45, 7) is 2.19. The van der Waals surface area contributed by atoms with Crippen molar-refractivity contribution in [1.82, 2.24) is 4.72 Å². The summed E-state index contributed by atoms with van der Waals surface area (Å²) < 4.78 is 37.6. The van der Waals surface area contributed by atoms with Gasteiger partial charge in [0.2, 0.25) is 10.0 Å². The molecule has 0 radical (unpaired) electrons. The molecule has 0 amide bonds. The van der Waals surface area contributed by atoms with Crippen LogP contribution in [0.3, 0.4) is 0 Å². The zero-order valence-corrected chi connectivity index (χ0v) is 16.2. The van der Waals surface area contributed by atoms with Gasteiger partial charge in [0.15, 0.2) is 0 Å². The lowest BCUT2D eigenvalue weighted by atomic mass is 9.99. The van der Waals surface area contributed by atoms with Gasteiger partial charge in [-0.25, -0.2) is 17.9 Å². The summed E-state index contributed by atoms with van der Waals surface area (Å²) in [7, 11) is -0.808. The molecule has 2 N–H and O–H groups in total. The first-order valence-electron chi connectivity index (χ1n) is 8.28. The molecule has 0 saturated heterocycles. The zero-order chi connectivity index (χ0) is 20.0. The monoisotopic (exact) mass is 393 g/mol. The highest BCUT2D eigenvalue weighted by Gasteiger charge is 2.18. The number of benzene rings is 2. The van der Waals surface area contributed by atoms with Crippen LogP contribution in [0.4, 0.5) is 0 Å². The predicted molar refractivity (Wildman–Crippen MR) is 101 cm³/mol. The summed E-state index contributed by atoms with van der Waals surface area (Å²) in [6, 6.07) is 11.4. The molecule has 0 aliphatic carbocycles. The van der Waals surface area contributed by atoms with Gasteiger partial charge in [-0.3, -0.25) is 0 Å². The smallest absolute Gasteiger partial charge is 0.335 e. The first kappa shape index (κ1) is 21.0. The molecule has 0 saturated carbocycles. The van der Waals surface area contributed by atoms with E-state index in [4.69, 9.17) is 9.47 Å². The van der Waals surface area contributed by atoms with Gasteiger partial charge in [0.05, 0.1) is 23.2 Å². The van der Waals surface area contributed by atoms with Gasteiger partial charge in [-0.05, 0) is 47.9 Å². The summed E-state index contributed by atoms with van der Waals surface area (Å²) >= 11 is 0. The second-order valence-electron chi connectivity index (χ2n) is 5.95. The van der Waals surface area contributed by atoms with Crippen molar-refractivity contribution in [3.05, 3.63) is 53.6 Å². The van der Waals surface area contributed by atoms with E-state index in [0.29, 0.717) is 11.1 Å². The Hall–Kier alpha value is -2.26. The Kier molecular flexibility index (Phi) is 7.09. The lowest BCUT2D eigenvalue weighted by Crippen LogP contribution is -2.27. The van der Waals surface area contributed by atoms with Crippen molar-refractivity contribution >= 4 is 16.0 Å². The van der Waals surface area contributed by atoms with Crippen LogP contribution in [0, 0.1) is 0 Å². The molecule has 0 aliphatic rings. The highest BCUT2D eigenvalue weighted by molar-refractivity contribution is 7.89. The van der Waals surface area contributed by atoms with E-state index in [1.165, 1.54) is 19.2 Å². The minimum absolute atomic E-state index is 0.0896. The van der Waals surface area contributed by atoms with Crippen LogP contribution >= 0.6 is 0 Å². The predicted octanol–water partition coefficient (Wildman–Crippen LogP) is 2.68. The maximum atomic E-state index is 12.5. The fraction of sp³-hybridized carbons (Fsp3) is 0.316. The van der Waals surface area contributed by atoms with E-state index in [0.717, 1.165) is 11.6 Å². The van der Waals surface area contributed by atoms with Crippen molar-refractivity contribution in [2.24, 2.45) is 0 Å². The fourth-order valence-corrected chi connectivity index (χ4v) is 3.60. The van der Waals surface area contributed by atoms with Crippen LogP contribution in [0.25, 0.3) is 11.1 Å². The van der Waals surface area contributed by atoms with Crippen LogP contribution in [-0.4, -0.2) is 46.9 Å². The molecule has 0 aromatic heterocycles. The number of aromatic carboxylic acids is 1. The SMILES string of the molecule is COCCNS(=O)(=O)c1cc(C(=O)O)cc(-c2cccc(C(C)OC)c2)c1. The minimum atomic E-state index is -3.87. The molecule has 7 nitrogen and oxygen atoms in total. The van der Waals surface area contributed by atoms with Gasteiger partial charge < -0.3 is 14.6 Å². The van der Waals surface area contributed by atoms with Gasteiger partial charge in [0.25, 0.3) is 0 Å².